The number of carbonyl (C=O) groups is 2. The predicted octanol–water partition coefficient (Wildman–Crippen LogP) is 3.73. The Morgan fingerprint density at radius 2 is 1.59 bits per heavy atom. The molecule has 2 rings (SSSR count). The highest BCUT2D eigenvalue weighted by Gasteiger charge is 2.26. The molecule has 0 bridgehead atoms. The molecule has 0 aliphatic rings. The smallest absolute Gasteiger partial charge is 0.242 e. The summed E-state index contributed by atoms with van der Waals surface area (Å²) >= 11 is 0. The normalized spacial score (nSPS) is 11.9. The molecule has 0 aliphatic carbocycles. The minimum absolute atomic E-state index is 0.0448. The number of hydrogen-bond acceptors (Lipinski definition) is 2. The molecule has 2 amide bonds. The number of nitrogens with zero attached hydrogens (tertiary/aromatic N) is 1. The van der Waals surface area contributed by atoms with Gasteiger partial charge in [0.05, 0.1) is 6.42 Å². The van der Waals surface area contributed by atoms with Gasteiger partial charge in [0.2, 0.25) is 11.8 Å². The molecule has 0 saturated carbocycles. The second-order valence-corrected chi connectivity index (χ2v) is 7.43. The van der Waals surface area contributed by atoms with Crippen LogP contribution in [0.4, 0.5) is 0 Å². The fraction of sp³-hybridized carbons (Fsp3) is 0.391. The van der Waals surface area contributed by atoms with Gasteiger partial charge in [0.1, 0.15) is 6.04 Å². The highest BCUT2D eigenvalue weighted by molar-refractivity contribution is 5.88. The van der Waals surface area contributed by atoms with E-state index in [0.717, 1.165) is 16.7 Å². The summed E-state index contributed by atoms with van der Waals surface area (Å²) in [4.78, 5) is 27.4. The van der Waals surface area contributed by atoms with Crippen LogP contribution >= 0.6 is 0 Å². The summed E-state index contributed by atoms with van der Waals surface area (Å²) < 4.78 is 0. The summed E-state index contributed by atoms with van der Waals surface area (Å²) in [5.41, 5.74) is 3.12. The maximum atomic E-state index is 13.1. The van der Waals surface area contributed by atoms with Crippen LogP contribution in [-0.2, 0) is 22.6 Å². The number of benzene rings is 2. The Hall–Kier alpha value is -2.62. The Morgan fingerprint density at radius 1 is 0.963 bits per heavy atom. The zero-order valence-corrected chi connectivity index (χ0v) is 16.7. The van der Waals surface area contributed by atoms with Gasteiger partial charge >= 0.3 is 0 Å². The van der Waals surface area contributed by atoms with Crippen molar-refractivity contribution in [3.63, 3.8) is 0 Å². The van der Waals surface area contributed by atoms with Crippen LogP contribution in [0.2, 0.25) is 0 Å². The van der Waals surface area contributed by atoms with Gasteiger partial charge in [-0.3, -0.25) is 9.59 Å². The standard InChI is InChI=1S/C23H30N2O2/c1-17(2)15-24-23(27)19(4)25(16-21-13-9-8-10-18(21)3)22(26)14-20-11-6-5-7-12-20/h5-13,17,19H,14-16H2,1-4H3,(H,24,27)/t19-/m1/s1. The van der Waals surface area contributed by atoms with E-state index < -0.39 is 6.04 Å². The Bertz CT molecular complexity index is 756. The lowest BCUT2D eigenvalue weighted by atomic mass is 10.1. The topological polar surface area (TPSA) is 49.4 Å². The molecule has 1 N–H and O–H groups in total. The second-order valence-electron chi connectivity index (χ2n) is 7.43. The molecule has 1 atom stereocenters. The van der Waals surface area contributed by atoms with Crippen molar-refractivity contribution < 1.29 is 9.59 Å². The zero-order chi connectivity index (χ0) is 19.8. The molecular formula is C23H30N2O2. The SMILES string of the molecule is Cc1ccccc1CN(C(=O)Cc1ccccc1)[C@H](C)C(=O)NCC(C)C. The lowest BCUT2D eigenvalue weighted by molar-refractivity contribution is -0.140. The first kappa shape index (κ1) is 20.7. The highest BCUT2D eigenvalue weighted by Crippen LogP contribution is 2.15. The first-order valence-corrected chi connectivity index (χ1v) is 9.54. The van der Waals surface area contributed by atoms with Crippen LogP contribution in [-0.4, -0.2) is 29.3 Å². The van der Waals surface area contributed by atoms with Gasteiger partial charge in [0, 0.05) is 13.1 Å². The van der Waals surface area contributed by atoms with Gasteiger partial charge < -0.3 is 10.2 Å². The van der Waals surface area contributed by atoms with E-state index in [-0.39, 0.29) is 18.2 Å². The predicted molar refractivity (Wildman–Crippen MR) is 109 cm³/mol. The van der Waals surface area contributed by atoms with Crippen molar-refractivity contribution in [2.45, 2.75) is 46.7 Å². The minimum Gasteiger partial charge on any atom is -0.354 e. The molecule has 0 radical (unpaired) electrons. The summed E-state index contributed by atoms with van der Waals surface area (Å²) in [6.07, 6.45) is 0.286. The van der Waals surface area contributed by atoms with E-state index in [1.807, 2.05) is 61.5 Å². The van der Waals surface area contributed by atoms with Crippen LogP contribution in [0.25, 0.3) is 0 Å². The molecule has 0 aromatic heterocycles. The number of carbonyl (C=O) groups excluding carboxylic acids is 2. The van der Waals surface area contributed by atoms with Gasteiger partial charge in [0.15, 0.2) is 0 Å². The Kier molecular flexibility index (Phi) is 7.59. The molecule has 0 spiro atoms. The van der Waals surface area contributed by atoms with E-state index in [1.54, 1.807) is 11.8 Å². The number of aryl methyl sites for hydroxylation is 1. The summed E-state index contributed by atoms with van der Waals surface area (Å²) in [5.74, 6) is 0.210. The van der Waals surface area contributed by atoms with Crippen molar-refractivity contribution in [2.24, 2.45) is 5.92 Å². The summed E-state index contributed by atoms with van der Waals surface area (Å²) in [7, 11) is 0. The summed E-state index contributed by atoms with van der Waals surface area (Å²) in [5, 5.41) is 2.95. The fourth-order valence-electron chi connectivity index (χ4n) is 2.88. The van der Waals surface area contributed by atoms with Crippen molar-refractivity contribution in [1.29, 1.82) is 0 Å². The largest absolute Gasteiger partial charge is 0.354 e. The van der Waals surface area contributed by atoms with Crippen LogP contribution in [0, 0.1) is 12.8 Å². The number of nitrogens with one attached hydrogen (secondary N) is 1. The Morgan fingerprint density at radius 3 is 2.22 bits per heavy atom. The number of amides is 2. The first-order valence-electron chi connectivity index (χ1n) is 9.54. The van der Waals surface area contributed by atoms with Gasteiger partial charge in [-0.25, -0.2) is 0 Å². The van der Waals surface area contributed by atoms with E-state index in [4.69, 9.17) is 0 Å². The van der Waals surface area contributed by atoms with Crippen LogP contribution in [0.1, 0.15) is 37.5 Å². The average molecular weight is 367 g/mol. The van der Waals surface area contributed by atoms with Gasteiger partial charge in [-0.1, -0.05) is 68.4 Å². The molecule has 0 heterocycles. The van der Waals surface area contributed by atoms with Gasteiger partial charge in [-0.2, -0.15) is 0 Å². The van der Waals surface area contributed by atoms with E-state index in [9.17, 15) is 9.59 Å². The summed E-state index contributed by atoms with van der Waals surface area (Å²) in [6, 6.07) is 17.1. The molecule has 0 aliphatic heterocycles. The summed E-state index contributed by atoms with van der Waals surface area (Å²) in [6.45, 7) is 8.96. The quantitative estimate of drug-likeness (QED) is 0.774. The molecule has 0 unspecified atom stereocenters. The molecule has 2 aromatic rings. The molecule has 2 aromatic carbocycles. The van der Waals surface area contributed by atoms with E-state index in [1.165, 1.54) is 0 Å². The third kappa shape index (κ3) is 6.24. The van der Waals surface area contributed by atoms with Crippen molar-refractivity contribution in [1.82, 2.24) is 10.2 Å². The van der Waals surface area contributed by atoms with Crippen LogP contribution in [0.5, 0.6) is 0 Å². The molecule has 144 valence electrons. The zero-order valence-electron chi connectivity index (χ0n) is 16.7. The van der Waals surface area contributed by atoms with Crippen LogP contribution in [0.3, 0.4) is 0 Å². The van der Waals surface area contributed by atoms with Crippen molar-refractivity contribution in [2.75, 3.05) is 6.54 Å². The van der Waals surface area contributed by atoms with Crippen molar-refractivity contribution in [3.05, 3.63) is 71.3 Å². The average Bonchev–Trinajstić information content (AvgIpc) is 2.65. The fourth-order valence-corrected chi connectivity index (χ4v) is 2.88. The molecule has 27 heavy (non-hydrogen) atoms. The minimum atomic E-state index is -0.528. The maximum Gasteiger partial charge on any atom is 0.242 e. The second kappa shape index (κ2) is 9.91. The lowest BCUT2D eigenvalue weighted by Gasteiger charge is -2.29. The van der Waals surface area contributed by atoms with Gasteiger partial charge in [-0.15, -0.1) is 0 Å². The monoisotopic (exact) mass is 366 g/mol. The van der Waals surface area contributed by atoms with Crippen molar-refractivity contribution in [3.8, 4) is 0 Å². The highest BCUT2D eigenvalue weighted by atomic mass is 16.2. The van der Waals surface area contributed by atoms with Gasteiger partial charge in [0.25, 0.3) is 0 Å². The third-order valence-electron chi connectivity index (χ3n) is 4.65. The Labute approximate surface area is 162 Å². The van der Waals surface area contributed by atoms with Crippen molar-refractivity contribution >= 4 is 11.8 Å². The molecule has 0 fully saturated rings. The third-order valence-corrected chi connectivity index (χ3v) is 4.65. The molecule has 4 heteroatoms. The van der Waals surface area contributed by atoms with Gasteiger partial charge in [-0.05, 0) is 36.5 Å². The number of hydrogen-bond donors (Lipinski definition) is 1. The first-order chi connectivity index (χ1) is 12.9. The molecular weight excluding hydrogens is 336 g/mol. The van der Waals surface area contributed by atoms with Crippen LogP contribution < -0.4 is 5.32 Å². The van der Waals surface area contributed by atoms with E-state index in [0.29, 0.717) is 19.0 Å². The molecule has 0 saturated heterocycles. The van der Waals surface area contributed by atoms with E-state index >= 15 is 0 Å². The number of rotatable bonds is 8. The Balaban J connectivity index is 2.20. The van der Waals surface area contributed by atoms with Crippen LogP contribution in [0.15, 0.2) is 54.6 Å². The molecule has 4 nitrogen and oxygen atoms in total. The lowest BCUT2D eigenvalue weighted by Crippen LogP contribution is -2.48. The van der Waals surface area contributed by atoms with E-state index in [2.05, 4.69) is 19.2 Å². The maximum absolute atomic E-state index is 13.1.